The van der Waals surface area contributed by atoms with Crippen LogP contribution in [-0.2, 0) is 0 Å². The molecule has 0 unspecified atom stereocenters. The number of rotatable bonds is 5. The molecule has 4 nitrogen and oxygen atoms in total. The van der Waals surface area contributed by atoms with E-state index in [2.05, 4.69) is 16.4 Å². The summed E-state index contributed by atoms with van der Waals surface area (Å²) < 4.78 is 7.31. The number of ether oxygens (including phenoxy) is 1. The third-order valence-corrected chi connectivity index (χ3v) is 6.61. The predicted octanol–water partition coefficient (Wildman–Crippen LogP) is 6.36. The van der Waals surface area contributed by atoms with Crippen LogP contribution in [0.3, 0.4) is 0 Å². The maximum Gasteiger partial charge on any atom is 0.259 e. The monoisotopic (exact) mass is 426 g/mol. The lowest BCUT2D eigenvalue weighted by Gasteiger charge is -2.10. The Labute approximate surface area is 175 Å². The van der Waals surface area contributed by atoms with E-state index in [-0.39, 0.29) is 5.91 Å². The number of benzene rings is 3. The summed E-state index contributed by atoms with van der Waals surface area (Å²) in [6.07, 6.45) is 0. The van der Waals surface area contributed by atoms with Gasteiger partial charge in [-0.05, 0) is 42.5 Å². The average molecular weight is 427 g/mol. The lowest BCUT2D eigenvalue weighted by Crippen LogP contribution is -2.13. The summed E-state index contributed by atoms with van der Waals surface area (Å²) in [5, 5.41) is 3.42. The number of carbonyl (C=O) groups is 1. The number of nitrogens with zero attached hydrogens (tertiary/aromatic N) is 1. The number of hydrogen-bond donors (Lipinski definition) is 1. The Morgan fingerprint density at radius 1 is 1.11 bits per heavy atom. The standard InChI is InChI=1S/C21H15ClN2O2S2/c1-26-17-8-4-2-6-14(17)20(25)23-13-10-11-18(15(22)12-13)27-21-24-16-7-3-5-9-19(16)28-21/h2-12H,1H3,(H,23,25). The molecule has 0 spiro atoms. The zero-order valence-electron chi connectivity index (χ0n) is 14.8. The van der Waals surface area contributed by atoms with Gasteiger partial charge in [0.25, 0.3) is 5.91 Å². The Hall–Kier alpha value is -2.54. The lowest BCUT2D eigenvalue weighted by molar-refractivity contribution is 0.102. The number of fused-ring (bicyclic) bond motifs is 1. The molecule has 7 heteroatoms. The smallest absolute Gasteiger partial charge is 0.259 e. The van der Waals surface area contributed by atoms with Gasteiger partial charge in [-0.15, -0.1) is 11.3 Å². The highest BCUT2D eigenvalue weighted by molar-refractivity contribution is 8.01. The number of carbonyl (C=O) groups excluding carboxylic acids is 1. The molecule has 140 valence electrons. The summed E-state index contributed by atoms with van der Waals surface area (Å²) in [6, 6.07) is 20.6. The van der Waals surface area contributed by atoms with Gasteiger partial charge in [0.15, 0.2) is 4.34 Å². The highest BCUT2D eigenvalue weighted by atomic mass is 35.5. The number of aromatic nitrogens is 1. The van der Waals surface area contributed by atoms with E-state index in [9.17, 15) is 4.79 Å². The van der Waals surface area contributed by atoms with Gasteiger partial charge in [-0.2, -0.15) is 0 Å². The highest BCUT2D eigenvalue weighted by Crippen LogP contribution is 2.38. The Bertz CT molecular complexity index is 1130. The fraction of sp³-hybridized carbons (Fsp3) is 0.0476. The van der Waals surface area contributed by atoms with Gasteiger partial charge in [-0.3, -0.25) is 4.79 Å². The first kappa shape index (κ1) is 18.8. The molecule has 0 aliphatic carbocycles. The second-order valence-electron chi connectivity index (χ2n) is 5.85. The average Bonchev–Trinajstić information content (AvgIpc) is 3.12. The summed E-state index contributed by atoms with van der Waals surface area (Å²) >= 11 is 9.59. The molecule has 3 aromatic carbocycles. The van der Waals surface area contributed by atoms with Crippen LogP contribution in [-0.4, -0.2) is 18.0 Å². The largest absolute Gasteiger partial charge is 0.496 e. The van der Waals surface area contributed by atoms with E-state index in [0.717, 1.165) is 19.5 Å². The zero-order chi connectivity index (χ0) is 19.5. The predicted molar refractivity (Wildman–Crippen MR) is 116 cm³/mol. The van der Waals surface area contributed by atoms with Crippen LogP contribution >= 0.6 is 34.7 Å². The van der Waals surface area contributed by atoms with Crippen molar-refractivity contribution in [2.75, 3.05) is 12.4 Å². The maximum atomic E-state index is 12.5. The number of hydrogen-bond acceptors (Lipinski definition) is 5. The molecule has 0 aliphatic heterocycles. The van der Waals surface area contributed by atoms with E-state index in [1.54, 1.807) is 35.6 Å². The van der Waals surface area contributed by atoms with Gasteiger partial charge >= 0.3 is 0 Å². The minimum absolute atomic E-state index is 0.250. The van der Waals surface area contributed by atoms with Gasteiger partial charge in [-0.25, -0.2) is 4.98 Å². The molecule has 1 heterocycles. The molecule has 0 bridgehead atoms. The first-order chi connectivity index (χ1) is 13.6. The number of halogens is 1. The summed E-state index contributed by atoms with van der Waals surface area (Å²) in [5.74, 6) is 0.272. The van der Waals surface area contributed by atoms with Crippen molar-refractivity contribution in [3.8, 4) is 5.75 Å². The molecule has 1 aromatic heterocycles. The molecule has 0 saturated carbocycles. The van der Waals surface area contributed by atoms with Crippen LogP contribution in [0.1, 0.15) is 10.4 Å². The minimum atomic E-state index is -0.250. The van der Waals surface area contributed by atoms with Crippen LogP contribution in [0.25, 0.3) is 10.2 Å². The van der Waals surface area contributed by atoms with E-state index >= 15 is 0 Å². The fourth-order valence-corrected chi connectivity index (χ4v) is 5.00. The van der Waals surface area contributed by atoms with Crippen LogP contribution in [0.15, 0.2) is 76.0 Å². The van der Waals surface area contributed by atoms with E-state index in [1.807, 2.05) is 36.4 Å². The van der Waals surface area contributed by atoms with Crippen LogP contribution in [0.5, 0.6) is 5.75 Å². The Kier molecular flexibility index (Phi) is 5.52. The van der Waals surface area contributed by atoms with E-state index < -0.39 is 0 Å². The number of anilines is 1. The summed E-state index contributed by atoms with van der Waals surface area (Å²) in [6.45, 7) is 0. The molecule has 0 radical (unpaired) electrons. The van der Waals surface area contributed by atoms with Crippen molar-refractivity contribution in [2.45, 2.75) is 9.24 Å². The SMILES string of the molecule is COc1ccccc1C(=O)Nc1ccc(Sc2nc3ccccc3s2)c(Cl)c1. The van der Waals surface area contributed by atoms with Gasteiger partial charge in [0.2, 0.25) is 0 Å². The molecule has 0 atom stereocenters. The second-order valence-corrected chi connectivity index (χ2v) is 8.58. The maximum absolute atomic E-state index is 12.5. The molecular weight excluding hydrogens is 412 g/mol. The number of nitrogens with one attached hydrogen (secondary N) is 1. The molecule has 28 heavy (non-hydrogen) atoms. The first-order valence-electron chi connectivity index (χ1n) is 8.41. The van der Waals surface area contributed by atoms with E-state index in [0.29, 0.717) is 22.0 Å². The topological polar surface area (TPSA) is 51.2 Å². The van der Waals surface area contributed by atoms with Gasteiger partial charge < -0.3 is 10.1 Å². The van der Waals surface area contributed by atoms with Crippen molar-refractivity contribution in [1.82, 2.24) is 4.98 Å². The molecule has 4 rings (SSSR count). The Morgan fingerprint density at radius 2 is 1.89 bits per heavy atom. The van der Waals surface area contributed by atoms with Crippen molar-refractivity contribution in [2.24, 2.45) is 0 Å². The van der Waals surface area contributed by atoms with Gasteiger partial charge in [-0.1, -0.05) is 47.6 Å². The van der Waals surface area contributed by atoms with Crippen molar-refractivity contribution in [3.63, 3.8) is 0 Å². The van der Waals surface area contributed by atoms with Crippen molar-refractivity contribution in [3.05, 3.63) is 77.3 Å². The summed E-state index contributed by atoms with van der Waals surface area (Å²) in [5.41, 5.74) is 2.07. The normalized spacial score (nSPS) is 10.8. The van der Waals surface area contributed by atoms with Crippen LogP contribution < -0.4 is 10.1 Å². The molecule has 4 aromatic rings. The van der Waals surface area contributed by atoms with Gasteiger partial charge in [0.05, 0.1) is 27.9 Å². The zero-order valence-corrected chi connectivity index (χ0v) is 17.2. The number of para-hydroxylation sites is 2. The number of thiazole rings is 1. The summed E-state index contributed by atoms with van der Waals surface area (Å²) in [7, 11) is 1.54. The number of amides is 1. The number of methoxy groups -OCH3 is 1. The van der Waals surface area contributed by atoms with Crippen LogP contribution in [0.4, 0.5) is 5.69 Å². The second kappa shape index (κ2) is 8.22. The quantitative estimate of drug-likeness (QED) is 0.403. The summed E-state index contributed by atoms with van der Waals surface area (Å²) in [4.78, 5) is 18.0. The molecular formula is C21H15ClN2O2S2. The highest BCUT2D eigenvalue weighted by Gasteiger charge is 2.13. The molecule has 0 fully saturated rings. The van der Waals surface area contributed by atoms with Crippen LogP contribution in [0, 0.1) is 0 Å². The first-order valence-corrected chi connectivity index (χ1v) is 10.4. The third-order valence-electron chi connectivity index (χ3n) is 4.01. The fourth-order valence-electron chi connectivity index (χ4n) is 2.68. The lowest BCUT2D eigenvalue weighted by atomic mass is 10.2. The Balaban J connectivity index is 1.52. The molecule has 0 aliphatic rings. The van der Waals surface area contributed by atoms with Crippen LogP contribution in [0.2, 0.25) is 5.02 Å². The molecule has 1 amide bonds. The molecule has 0 saturated heterocycles. The molecule has 1 N–H and O–H groups in total. The minimum Gasteiger partial charge on any atom is -0.496 e. The Morgan fingerprint density at radius 3 is 2.68 bits per heavy atom. The van der Waals surface area contributed by atoms with E-state index in [4.69, 9.17) is 16.3 Å². The van der Waals surface area contributed by atoms with Crippen molar-refractivity contribution in [1.29, 1.82) is 0 Å². The van der Waals surface area contributed by atoms with Crippen molar-refractivity contribution >= 4 is 56.5 Å². The third kappa shape index (κ3) is 3.99. The van der Waals surface area contributed by atoms with Gasteiger partial charge in [0, 0.05) is 10.6 Å². The van der Waals surface area contributed by atoms with Crippen molar-refractivity contribution < 1.29 is 9.53 Å². The van der Waals surface area contributed by atoms with E-state index in [1.165, 1.54) is 18.9 Å². The van der Waals surface area contributed by atoms with Gasteiger partial charge in [0.1, 0.15) is 5.75 Å².